The summed E-state index contributed by atoms with van der Waals surface area (Å²) in [4.78, 5) is 8.19. The molecular formula is C12H6BrFN2S. The van der Waals surface area contributed by atoms with Gasteiger partial charge in [-0.25, -0.2) is 9.37 Å². The Bertz CT molecular complexity index is 696. The summed E-state index contributed by atoms with van der Waals surface area (Å²) in [6.45, 7) is 0. The predicted octanol–water partition coefficient (Wildman–Crippen LogP) is 4.26. The second-order valence-corrected chi connectivity index (χ2v) is 5.85. The van der Waals surface area contributed by atoms with E-state index in [1.807, 2.05) is 18.2 Å². The van der Waals surface area contributed by atoms with Crippen molar-refractivity contribution in [3.05, 3.63) is 46.4 Å². The Labute approximate surface area is 109 Å². The molecule has 0 unspecified atom stereocenters. The maximum absolute atomic E-state index is 13.1. The molecule has 0 N–H and O–H groups in total. The zero-order valence-electron chi connectivity index (χ0n) is 8.52. The Morgan fingerprint density at radius 1 is 1.12 bits per heavy atom. The maximum Gasteiger partial charge on any atom is 0.160 e. The summed E-state index contributed by atoms with van der Waals surface area (Å²) in [5.74, 6) is -0.331. The lowest BCUT2D eigenvalue weighted by atomic mass is 10.1. The molecule has 3 rings (SSSR count). The number of halogens is 2. The van der Waals surface area contributed by atoms with Crippen LogP contribution in [0, 0.1) is 5.82 Å². The zero-order chi connectivity index (χ0) is 11.8. The van der Waals surface area contributed by atoms with Gasteiger partial charge in [-0.2, -0.15) is 0 Å². The van der Waals surface area contributed by atoms with Crippen molar-refractivity contribution >= 4 is 37.5 Å². The molecule has 0 fully saturated rings. The molecule has 3 aromatic rings. The van der Waals surface area contributed by atoms with Crippen LogP contribution < -0.4 is 0 Å². The number of aromatic nitrogens is 2. The molecule has 0 aliphatic carbocycles. The molecule has 84 valence electrons. The molecule has 0 saturated carbocycles. The Morgan fingerprint density at radius 3 is 2.82 bits per heavy atom. The third-order valence-electron chi connectivity index (χ3n) is 2.40. The van der Waals surface area contributed by atoms with Crippen molar-refractivity contribution in [1.82, 2.24) is 9.97 Å². The monoisotopic (exact) mass is 308 g/mol. The number of pyridine rings is 1. The maximum atomic E-state index is 13.1. The van der Waals surface area contributed by atoms with Gasteiger partial charge >= 0.3 is 0 Å². The van der Waals surface area contributed by atoms with Crippen LogP contribution in [0.25, 0.3) is 21.3 Å². The number of rotatable bonds is 1. The van der Waals surface area contributed by atoms with Crippen LogP contribution in [0.4, 0.5) is 4.39 Å². The molecule has 0 saturated heterocycles. The fourth-order valence-electron chi connectivity index (χ4n) is 1.65. The van der Waals surface area contributed by atoms with Crippen molar-refractivity contribution in [3.63, 3.8) is 0 Å². The summed E-state index contributed by atoms with van der Waals surface area (Å²) in [5.41, 5.74) is 2.59. The highest BCUT2D eigenvalue weighted by Gasteiger charge is 2.05. The first-order valence-corrected chi connectivity index (χ1v) is 6.50. The van der Waals surface area contributed by atoms with E-state index in [1.54, 1.807) is 17.5 Å². The van der Waals surface area contributed by atoms with E-state index in [2.05, 4.69) is 25.9 Å². The Balaban J connectivity index is 2.17. The lowest BCUT2D eigenvalue weighted by Crippen LogP contribution is -1.82. The number of hydrogen-bond acceptors (Lipinski definition) is 3. The van der Waals surface area contributed by atoms with E-state index in [0.29, 0.717) is 0 Å². The number of hydrogen-bond donors (Lipinski definition) is 0. The molecule has 0 radical (unpaired) electrons. The molecule has 2 nitrogen and oxygen atoms in total. The molecule has 0 atom stereocenters. The van der Waals surface area contributed by atoms with Gasteiger partial charge in [-0.15, -0.1) is 11.3 Å². The summed E-state index contributed by atoms with van der Waals surface area (Å²) in [6, 6.07) is 7.34. The lowest BCUT2D eigenvalue weighted by molar-refractivity contribution is 0.622. The van der Waals surface area contributed by atoms with E-state index >= 15 is 0 Å². The van der Waals surface area contributed by atoms with E-state index < -0.39 is 0 Å². The molecule has 5 heteroatoms. The molecule has 0 amide bonds. The van der Waals surface area contributed by atoms with Crippen molar-refractivity contribution in [2.45, 2.75) is 0 Å². The van der Waals surface area contributed by atoms with Crippen molar-refractivity contribution in [1.29, 1.82) is 0 Å². The largest absolute Gasteiger partial charge is 0.261 e. The molecule has 0 aliphatic rings. The van der Waals surface area contributed by atoms with Crippen LogP contribution >= 0.6 is 27.3 Å². The molecule has 17 heavy (non-hydrogen) atoms. The van der Waals surface area contributed by atoms with E-state index in [0.717, 1.165) is 25.3 Å². The number of nitrogens with zero attached hydrogens (tertiary/aromatic N) is 2. The number of fused-ring (bicyclic) bond motifs is 1. The van der Waals surface area contributed by atoms with Crippen LogP contribution in [-0.2, 0) is 0 Å². The minimum Gasteiger partial charge on any atom is -0.261 e. The van der Waals surface area contributed by atoms with Gasteiger partial charge in [0.15, 0.2) is 3.92 Å². The van der Waals surface area contributed by atoms with Gasteiger partial charge < -0.3 is 0 Å². The number of benzene rings is 1. The third-order valence-corrected chi connectivity index (χ3v) is 3.89. The van der Waals surface area contributed by atoms with Gasteiger partial charge in [0.2, 0.25) is 0 Å². The molecule has 0 bridgehead atoms. The van der Waals surface area contributed by atoms with Crippen LogP contribution in [-0.4, -0.2) is 9.97 Å². The molecule has 1 aromatic carbocycles. The van der Waals surface area contributed by atoms with Crippen molar-refractivity contribution in [2.75, 3.05) is 0 Å². The highest BCUT2D eigenvalue weighted by atomic mass is 79.9. The van der Waals surface area contributed by atoms with E-state index in [1.165, 1.54) is 12.3 Å². The van der Waals surface area contributed by atoms with Crippen molar-refractivity contribution in [2.24, 2.45) is 0 Å². The van der Waals surface area contributed by atoms with E-state index in [9.17, 15) is 4.39 Å². The second-order valence-electron chi connectivity index (χ2n) is 3.54. The van der Waals surface area contributed by atoms with E-state index in [-0.39, 0.29) is 5.82 Å². The standard InChI is InChI=1S/C12H6BrFN2S/c13-12-16-10-4-7(1-2-11(10)17-12)8-3-9(14)6-15-5-8/h1-6H. The van der Waals surface area contributed by atoms with Crippen LogP contribution in [0.15, 0.2) is 40.6 Å². The Hall–Kier alpha value is -1.33. The summed E-state index contributed by atoms with van der Waals surface area (Å²) < 4.78 is 15.0. The Kier molecular flexibility index (Phi) is 2.64. The fraction of sp³-hybridized carbons (Fsp3) is 0. The third kappa shape index (κ3) is 2.08. The number of thiazole rings is 1. The quantitative estimate of drug-likeness (QED) is 0.671. The normalized spacial score (nSPS) is 10.9. The molecule has 0 spiro atoms. The lowest BCUT2D eigenvalue weighted by Gasteiger charge is -2.00. The SMILES string of the molecule is Fc1cncc(-c2ccc3sc(Br)nc3c2)c1. The predicted molar refractivity (Wildman–Crippen MR) is 70.5 cm³/mol. The first-order valence-electron chi connectivity index (χ1n) is 4.89. The minimum atomic E-state index is -0.331. The average Bonchev–Trinajstić information content (AvgIpc) is 2.68. The highest BCUT2D eigenvalue weighted by molar-refractivity contribution is 9.11. The first kappa shape index (κ1) is 10.8. The Morgan fingerprint density at radius 2 is 2.00 bits per heavy atom. The molecular weight excluding hydrogens is 303 g/mol. The van der Waals surface area contributed by atoms with Crippen LogP contribution in [0.1, 0.15) is 0 Å². The van der Waals surface area contributed by atoms with E-state index in [4.69, 9.17) is 0 Å². The second kappa shape index (κ2) is 4.16. The molecule has 2 heterocycles. The van der Waals surface area contributed by atoms with Crippen LogP contribution in [0.3, 0.4) is 0 Å². The molecule has 0 aliphatic heterocycles. The minimum absolute atomic E-state index is 0.331. The fourth-order valence-corrected chi connectivity index (χ4v) is 3.03. The highest BCUT2D eigenvalue weighted by Crippen LogP contribution is 2.29. The first-order chi connectivity index (χ1) is 8.22. The van der Waals surface area contributed by atoms with Crippen molar-refractivity contribution < 1.29 is 4.39 Å². The summed E-state index contributed by atoms with van der Waals surface area (Å²) >= 11 is 4.93. The summed E-state index contributed by atoms with van der Waals surface area (Å²) in [5, 5.41) is 0. The van der Waals surface area contributed by atoms with Gasteiger partial charge in [-0.1, -0.05) is 6.07 Å². The van der Waals surface area contributed by atoms with Gasteiger partial charge in [-0.05, 0) is 39.7 Å². The van der Waals surface area contributed by atoms with Gasteiger partial charge in [0.25, 0.3) is 0 Å². The van der Waals surface area contributed by atoms with Crippen LogP contribution in [0.2, 0.25) is 0 Å². The topological polar surface area (TPSA) is 25.8 Å². The van der Waals surface area contributed by atoms with Gasteiger partial charge in [-0.3, -0.25) is 4.98 Å². The van der Waals surface area contributed by atoms with Crippen LogP contribution in [0.5, 0.6) is 0 Å². The summed E-state index contributed by atoms with van der Waals surface area (Å²) in [7, 11) is 0. The molecule has 2 aromatic heterocycles. The smallest absolute Gasteiger partial charge is 0.160 e. The van der Waals surface area contributed by atoms with Gasteiger partial charge in [0.1, 0.15) is 5.82 Å². The van der Waals surface area contributed by atoms with Crippen molar-refractivity contribution in [3.8, 4) is 11.1 Å². The summed E-state index contributed by atoms with van der Waals surface area (Å²) in [6.07, 6.45) is 2.84. The van der Waals surface area contributed by atoms with Gasteiger partial charge in [0.05, 0.1) is 16.4 Å². The van der Waals surface area contributed by atoms with Gasteiger partial charge in [0, 0.05) is 11.8 Å². The zero-order valence-corrected chi connectivity index (χ0v) is 10.9. The average molecular weight is 309 g/mol.